The van der Waals surface area contributed by atoms with Gasteiger partial charge in [-0.2, -0.15) is 8.42 Å². The largest absolute Gasteiger partial charge is 0.380 e. The summed E-state index contributed by atoms with van der Waals surface area (Å²) in [5.41, 5.74) is 2.52. The van der Waals surface area contributed by atoms with Gasteiger partial charge in [0.1, 0.15) is 5.82 Å². The molecule has 1 saturated heterocycles. The third-order valence-corrected chi connectivity index (χ3v) is 10.0. The highest BCUT2D eigenvalue weighted by molar-refractivity contribution is 7.92. The lowest BCUT2D eigenvalue weighted by Gasteiger charge is -2.25. The van der Waals surface area contributed by atoms with Crippen LogP contribution in [0, 0.1) is 5.92 Å². The first-order chi connectivity index (χ1) is 17.5. The van der Waals surface area contributed by atoms with Gasteiger partial charge >= 0.3 is 0 Å². The van der Waals surface area contributed by atoms with Crippen LogP contribution in [-0.2, 0) is 21.2 Å². The average Bonchev–Trinajstić information content (AvgIpc) is 3.68. The summed E-state index contributed by atoms with van der Waals surface area (Å²) < 4.78 is 34.9. The zero-order valence-corrected chi connectivity index (χ0v) is 21.7. The molecule has 2 aliphatic heterocycles. The van der Waals surface area contributed by atoms with Crippen LogP contribution < -0.4 is 9.21 Å². The number of pyridine rings is 1. The fourth-order valence-corrected chi connectivity index (χ4v) is 7.58. The second-order valence-electron chi connectivity index (χ2n) is 9.67. The van der Waals surface area contributed by atoms with Crippen LogP contribution in [0.2, 0.25) is 0 Å². The molecule has 6 rings (SSSR count). The number of Topliss-reactive ketones (excluding diaryl/α,β-unsaturated/α-hetero) is 1. The highest BCUT2D eigenvalue weighted by Crippen LogP contribution is 2.44. The fourth-order valence-electron chi connectivity index (χ4n) is 4.95. The number of hydrogen-bond acceptors (Lipinski definition) is 7. The van der Waals surface area contributed by atoms with Gasteiger partial charge in [-0.1, -0.05) is 24.3 Å². The van der Waals surface area contributed by atoms with E-state index in [9.17, 15) is 13.2 Å². The molecular formula is C27H29N3O4S2. The van der Waals surface area contributed by atoms with E-state index in [1.54, 1.807) is 12.1 Å². The molecule has 36 heavy (non-hydrogen) atoms. The van der Waals surface area contributed by atoms with Crippen LogP contribution in [0.4, 0.5) is 11.5 Å². The van der Waals surface area contributed by atoms with Gasteiger partial charge in [0.25, 0.3) is 10.0 Å². The second kappa shape index (κ2) is 9.61. The van der Waals surface area contributed by atoms with Crippen molar-refractivity contribution in [2.75, 3.05) is 42.1 Å². The van der Waals surface area contributed by atoms with Crippen molar-refractivity contribution in [2.45, 2.75) is 37.1 Å². The Morgan fingerprint density at radius 1 is 1.06 bits per heavy atom. The maximum atomic E-state index is 14.0. The number of thiophene rings is 1. The number of hydrogen-bond donors (Lipinski definition) is 0. The number of carbonyl (C=O) groups excluding carboxylic acids is 1. The van der Waals surface area contributed by atoms with Crippen molar-refractivity contribution in [3.8, 4) is 10.4 Å². The van der Waals surface area contributed by atoms with E-state index in [0.29, 0.717) is 56.6 Å². The third kappa shape index (κ3) is 4.55. The topological polar surface area (TPSA) is 79.8 Å². The molecule has 0 N–H and O–H groups in total. The van der Waals surface area contributed by atoms with E-state index in [1.165, 1.54) is 15.6 Å². The van der Waals surface area contributed by atoms with E-state index in [1.807, 2.05) is 36.4 Å². The van der Waals surface area contributed by atoms with Crippen LogP contribution in [0.5, 0.6) is 0 Å². The Bertz CT molecular complexity index is 1390. The summed E-state index contributed by atoms with van der Waals surface area (Å²) in [5.74, 6) is 1.40. The van der Waals surface area contributed by atoms with Crippen LogP contribution in [0.15, 0.2) is 53.6 Å². The number of rotatable bonds is 6. The molecule has 9 heteroatoms. The van der Waals surface area contributed by atoms with Crippen molar-refractivity contribution in [3.63, 3.8) is 0 Å². The van der Waals surface area contributed by atoms with Gasteiger partial charge in [-0.05, 0) is 61.4 Å². The summed E-state index contributed by atoms with van der Waals surface area (Å²) in [6, 6.07) is 14.8. The van der Waals surface area contributed by atoms with Gasteiger partial charge in [-0.25, -0.2) is 4.98 Å². The Balaban J connectivity index is 1.34. The van der Waals surface area contributed by atoms with Crippen LogP contribution in [-0.4, -0.2) is 52.0 Å². The lowest BCUT2D eigenvalue weighted by atomic mass is 10.1. The molecule has 0 unspecified atom stereocenters. The quantitative estimate of drug-likeness (QED) is 0.433. The van der Waals surface area contributed by atoms with Gasteiger partial charge in [0, 0.05) is 43.1 Å². The standard InChI is InChI=1S/C27H29N3O4S2/c31-23(17-19-9-10-19)24-18-20-11-13-30(22-6-2-1-5-21(22)27(20)35-24)36(32,33)26-8-3-7-25(28-26)29-12-4-15-34-16-14-29/h1-3,5-8,18-19H,4,9-17H2. The number of nitrogens with zero attached hydrogens (tertiary/aromatic N) is 3. The van der Waals surface area contributed by atoms with Crippen molar-refractivity contribution in [1.29, 1.82) is 0 Å². The molecule has 7 nitrogen and oxygen atoms in total. The van der Waals surface area contributed by atoms with Gasteiger partial charge < -0.3 is 9.64 Å². The van der Waals surface area contributed by atoms with Crippen LogP contribution in [0.1, 0.15) is 40.9 Å². The Labute approximate surface area is 215 Å². The van der Waals surface area contributed by atoms with Crippen molar-refractivity contribution >= 4 is 38.6 Å². The van der Waals surface area contributed by atoms with Gasteiger partial charge in [0.05, 0.1) is 17.2 Å². The number of ether oxygens (including phenoxy) is 1. The molecule has 1 aliphatic carbocycles. The number of benzene rings is 1. The smallest absolute Gasteiger partial charge is 0.281 e. The Kier molecular flexibility index (Phi) is 6.31. The molecule has 188 valence electrons. The number of anilines is 2. The zero-order valence-electron chi connectivity index (χ0n) is 20.1. The summed E-state index contributed by atoms with van der Waals surface area (Å²) in [7, 11) is -3.90. The molecule has 4 heterocycles. The van der Waals surface area contributed by atoms with E-state index in [2.05, 4.69) is 9.88 Å². The molecule has 2 fully saturated rings. The average molecular weight is 524 g/mol. The second-order valence-corrected chi connectivity index (χ2v) is 12.5. The molecule has 0 amide bonds. The number of ketones is 1. The molecular weight excluding hydrogens is 494 g/mol. The minimum absolute atomic E-state index is 0.0468. The van der Waals surface area contributed by atoms with Crippen LogP contribution in [0.25, 0.3) is 10.4 Å². The summed E-state index contributed by atoms with van der Waals surface area (Å²) >= 11 is 1.50. The summed E-state index contributed by atoms with van der Waals surface area (Å²) in [5, 5.41) is 0.0468. The Hall–Kier alpha value is -2.75. The summed E-state index contributed by atoms with van der Waals surface area (Å²) in [6.45, 7) is 3.07. The molecule has 0 atom stereocenters. The van der Waals surface area contributed by atoms with Crippen molar-refractivity contribution < 1.29 is 17.9 Å². The van der Waals surface area contributed by atoms with Gasteiger partial charge in [-0.15, -0.1) is 11.3 Å². The third-order valence-electron chi connectivity index (χ3n) is 7.07. The molecule has 0 radical (unpaired) electrons. The predicted molar refractivity (Wildman–Crippen MR) is 142 cm³/mol. The summed E-state index contributed by atoms with van der Waals surface area (Å²) in [4.78, 5) is 21.2. The van der Waals surface area contributed by atoms with Gasteiger partial charge in [0.2, 0.25) is 0 Å². The zero-order chi connectivity index (χ0) is 24.7. The minimum Gasteiger partial charge on any atom is -0.380 e. The van der Waals surface area contributed by atoms with Crippen molar-refractivity contribution in [3.05, 3.63) is 59.0 Å². The first-order valence-electron chi connectivity index (χ1n) is 12.6. The molecule has 1 saturated carbocycles. The molecule has 0 spiro atoms. The normalized spacial score (nSPS) is 18.2. The number of carbonyl (C=O) groups is 1. The first-order valence-corrected chi connectivity index (χ1v) is 14.8. The number of para-hydroxylation sites is 1. The molecule has 0 bridgehead atoms. The Morgan fingerprint density at radius 3 is 2.78 bits per heavy atom. The van der Waals surface area contributed by atoms with Crippen molar-refractivity contribution in [1.82, 2.24) is 4.98 Å². The molecule has 3 aromatic rings. The Morgan fingerprint density at radius 2 is 1.92 bits per heavy atom. The highest BCUT2D eigenvalue weighted by atomic mass is 32.2. The molecule has 1 aromatic carbocycles. The maximum absolute atomic E-state index is 14.0. The van der Waals surface area contributed by atoms with E-state index in [4.69, 9.17) is 4.74 Å². The minimum atomic E-state index is -3.90. The fraction of sp³-hybridized carbons (Fsp3) is 0.407. The SMILES string of the molecule is O=C(CC1CC1)c1cc2c(s1)-c1ccccc1N(S(=O)(=O)c1cccc(N3CCCOCC3)n1)CC2. The molecule has 2 aromatic heterocycles. The van der Waals surface area contributed by atoms with Crippen LogP contribution >= 0.6 is 11.3 Å². The first kappa shape index (κ1) is 23.6. The number of fused-ring (bicyclic) bond motifs is 3. The monoisotopic (exact) mass is 523 g/mol. The van der Waals surface area contributed by atoms with Gasteiger partial charge in [-0.3, -0.25) is 9.10 Å². The number of aromatic nitrogens is 1. The lowest BCUT2D eigenvalue weighted by Crippen LogP contribution is -2.34. The van der Waals surface area contributed by atoms with E-state index >= 15 is 0 Å². The highest BCUT2D eigenvalue weighted by Gasteiger charge is 2.33. The van der Waals surface area contributed by atoms with Gasteiger partial charge in [0.15, 0.2) is 10.8 Å². The predicted octanol–water partition coefficient (Wildman–Crippen LogP) is 4.77. The van der Waals surface area contributed by atoms with Crippen LogP contribution in [0.3, 0.4) is 0 Å². The summed E-state index contributed by atoms with van der Waals surface area (Å²) in [6.07, 6.45) is 4.33. The van der Waals surface area contributed by atoms with E-state index < -0.39 is 10.0 Å². The van der Waals surface area contributed by atoms with E-state index in [0.717, 1.165) is 46.7 Å². The maximum Gasteiger partial charge on any atom is 0.281 e. The molecule has 3 aliphatic rings. The lowest BCUT2D eigenvalue weighted by molar-refractivity contribution is 0.0980. The van der Waals surface area contributed by atoms with E-state index in [-0.39, 0.29) is 10.8 Å². The van der Waals surface area contributed by atoms with Crippen molar-refractivity contribution in [2.24, 2.45) is 5.92 Å². The number of sulfonamides is 1.